The Kier molecular flexibility index (Phi) is 7.25. The Morgan fingerprint density at radius 1 is 1.11 bits per heavy atom. The van der Waals surface area contributed by atoms with Gasteiger partial charge in [-0.25, -0.2) is 0 Å². The first-order chi connectivity index (χ1) is 13.0. The normalized spacial score (nSPS) is 16.3. The number of carbonyl (C=O) groups is 1. The smallest absolute Gasteiger partial charge is 0.260 e. The lowest BCUT2D eigenvalue weighted by molar-refractivity contribution is -0.135. The van der Waals surface area contributed by atoms with Gasteiger partial charge in [-0.15, -0.1) is 0 Å². The van der Waals surface area contributed by atoms with Gasteiger partial charge in [0.1, 0.15) is 5.75 Å². The van der Waals surface area contributed by atoms with E-state index in [4.69, 9.17) is 44.3 Å². The molecule has 3 rings (SSSR count). The van der Waals surface area contributed by atoms with E-state index in [1.54, 1.807) is 23.1 Å². The van der Waals surface area contributed by atoms with Gasteiger partial charge < -0.3 is 14.4 Å². The van der Waals surface area contributed by atoms with Gasteiger partial charge in [-0.2, -0.15) is 0 Å². The van der Waals surface area contributed by atoms with Crippen molar-refractivity contribution in [1.82, 2.24) is 4.90 Å². The maximum Gasteiger partial charge on any atom is 0.260 e. The molecule has 0 bridgehead atoms. The van der Waals surface area contributed by atoms with Crippen LogP contribution in [0, 0.1) is 0 Å². The summed E-state index contributed by atoms with van der Waals surface area (Å²) in [5.74, 6) is 0.296. The standard InChI is InChI=1S/C20H20Cl3NO3/c21-15-5-3-14(4-6-15)11-24(12-17-2-1-9-26-17)20(25)13-27-19-8-7-16(22)10-18(19)23/h3-8,10,17H,1-2,9,11-13H2/t17-/m1/s1. The Morgan fingerprint density at radius 2 is 1.85 bits per heavy atom. The molecule has 0 aromatic heterocycles. The number of benzene rings is 2. The van der Waals surface area contributed by atoms with Crippen LogP contribution in [0.5, 0.6) is 5.75 Å². The van der Waals surface area contributed by atoms with Gasteiger partial charge in [-0.3, -0.25) is 4.79 Å². The highest BCUT2D eigenvalue weighted by Crippen LogP contribution is 2.27. The van der Waals surface area contributed by atoms with Crippen molar-refractivity contribution in [3.05, 3.63) is 63.1 Å². The van der Waals surface area contributed by atoms with E-state index in [2.05, 4.69) is 0 Å². The van der Waals surface area contributed by atoms with Crippen molar-refractivity contribution in [1.29, 1.82) is 0 Å². The van der Waals surface area contributed by atoms with Crippen LogP contribution in [0.15, 0.2) is 42.5 Å². The first-order valence-corrected chi connectivity index (χ1v) is 9.86. The molecule has 2 aromatic carbocycles. The van der Waals surface area contributed by atoms with Gasteiger partial charge in [0.25, 0.3) is 5.91 Å². The number of nitrogens with zero attached hydrogens (tertiary/aromatic N) is 1. The molecule has 1 amide bonds. The zero-order valence-corrected chi connectivity index (χ0v) is 16.9. The Balaban J connectivity index is 1.66. The van der Waals surface area contributed by atoms with E-state index in [1.165, 1.54) is 0 Å². The summed E-state index contributed by atoms with van der Waals surface area (Å²) in [6, 6.07) is 12.4. The largest absolute Gasteiger partial charge is 0.482 e. The van der Waals surface area contributed by atoms with Crippen molar-refractivity contribution in [3.8, 4) is 5.75 Å². The number of amides is 1. The van der Waals surface area contributed by atoms with Crippen LogP contribution < -0.4 is 4.74 Å². The van der Waals surface area contributed by atoms with Crippen molar-refractivity contribution in [2.45, 2.75) is 25.5 Å². The predicted octanol–water partition coefficient (Wildman–Crippen LogP) is 5.23. The summed E-state index contributed by atoms with van der Waals surface area (Å²) in [6.07, 6.45) is 2.03. The van der Waals surface area contributed by atoms with Gasteiger partial charge in [-0.05, 0) is 48.7 Å². The van der Waals surface area contributed by atoms with Crippen LogP contribution in [0.3, 0.4) is 0 Å². The lowest BCUT2D eigenvalue weighted by atomic mass is 10.2. The molecule has 1 atom stereocenters. The first kappa shape index (κ1) is 20.3. The quantitative estimate of drug-likeness (QED) is 0.606. The molecule has 0 aliphatic carbocycles. The molecule has 4 nitrogen and oxygen atoms in total. The number of carbonyl (C=O) groups excluding carboxylic acids is 1. The van der Waals surface area contributed by atoms with Crippen molar-refractivity contribution >= 4 is 40.7 Å². The summed E-state index contributed by atoms with van der Waals surface area (Å²) < 4.78 is 11.3. The molecule has 0 saturated carbocycles. The molecule has 0 spiro atoms. The number of ether oxygens (including phenoxy) is 2. The average Bonchev–Trinajstić information content (AvgIpc) is 3.15. The van der Waals surface area contributed by atoms with Crippen LogP contribution in [0.1, 0.15) is 18.4 Å². The first-order valence-electron chi connectivity index (χ1n) is 8.73. The number of rotatable bonds is 7. The fourth-order valence-corrected chi connectivity index (χ4v) is 3.51. The molecule has 1 heterocycles. The lowest BCUT2D eigenvalue weighted by Crippen LogP contribution is -2.39. The maximum absolute atomic E-state index is 12.8. The molecular weight excluding hydrogens is 409 g/mol. The van der Waals surface area contributed by atoms with Gasteiger partial charge in [0.05, 0.1) is 11.1 Å². The van der Waals surface area contributed by atoms with Crippen LogP contribution in [0.2, 0.25) is 15.1 Å². The average molecular weight is 429 g/mol. The Bertz CT molecular complexity index is 777. The van der Waals surface area contributed by atoms with Gasteiger partial charge >= 0.3 is 0 Å². The zero-order valence-electron chi connectivity index (χ0n) is 14.7. The number of halogens is 3. The molecule has 0 unspecified atom stereocenters. The molecule has 0 N–H and O–H groups in total. The predicted molar refractivity (Wildman–Crippen MR) is 108 cm³/mol. The van der Waals surface area contributed by atoms with E-state index in [9.17, 15) is 4.79 Å². The third-order valence-corrected chi connectivity index (χ3v) is 5.11. The second-order valence-corrected chi connectivity index (χ2v) is 7.68. The molecule has 0 radical (unpaired) electrons. The summed E-state index contributed by atoms with van der Waals surface area (Å²) in [6.45, 7) is 1.62. The third kappa shape index (κ3) is 6.01. The molecule has 7 heteroatoms. The Morgan fingerprint density at radius 3 is 2.52 bits per heavy atom. The molecule has 1 saturated heterocycles. The molecule has 144 valence electrons. The molecule has 1 aliphatic rings. The molecular formula is C20H20Cl3NO3. The Hall–Kier alpha value is -1.46. The maximum atomic E-state index is 12.8. The minimum absolute atomic E-state index is 0.0559. The van der Waals surface area contributed by atoms with Gasteiger partial charge in [0.15, 0.2) is 6.61 Å². The van der Waals surface area contributed by atoms with Gasteiger partial charge in [-0.1, -0.05) is 46.9 Å². The van der Waals surface area contributed by atoms with Crippen LogP contribution in [-0.4, -0.2) is 36.7 Å². The molecule has 1 aliphatic heterocycles. The second-order valence-electron chi connectivity index (χ2n) is 6.40. The van der Waals surface area contributed by atoms with Crippen LogP contribution in [0.25, 0.3) is 0 Å². The minimum atomic E-state index is -0.133. The third-order valence-electron chi connectivity index (χ3n) is 4.33. The lowest BCUT2D eigenvalue weighted by Gasteiger charge is -2.26. The highest BCUT2D eigenvalue weighted by atomic mass is 35.5. The summed E-state index contributed by atoms with van der Waals surface area (Å²) in [5, 5.41) is 1.55. The van der Waals surface area contributed by atoms with Crippen molar-refractivity contribution in [2.24, 2.45) is 0 Å². The van der Waals surface area contributed by atoms with E-state index in [-0.39, 0.29) is 18.6 Å². The molecule has 1 fully saturated rings. The number of hydrogen-bond donors (Lipinski definition) is 0. The summed E-state index contributed by atoms with van der Waals surface area (Å²) in [7, 11) is 0. The SMILES string of the molecule is O=C(COc1ccc(Cl)cc1Cl)N(Cc1ccc(Cl)cc1)C[C@H]1CCCO1. The summed E-state index contributed by atoms with van der Waals surface area (Å²) >= 11 is 17.9. The van der Waals surface area contributed by atoms with Crippen molar-refractivity contribution < 1.29 is 14.3 Å². The fraction of sp³-hybridized carbons (Fsp3) is 0.350. The zero-order chi connectivity index (χ0) is 19.2. The summed E-state index contributed by atoms with van der Waals surface area (Å²) in [4.78, 5) is 14.6. The van der Waals surface area contributed by atoms with Crippen LogP contribution >= 0.6 is 34.8 Å². The fourth-order valence-electron chi connectivity index (χ4n) is 2.92. The second kappa shape index (κ2) is 9.65. The van der Waals surface area contributed by atoms with Crippen molar-refractivity contribution in [2.75, 3.05) is 19.8 Å². The van der Waals surface area contributed by atoms with E-state index in [0.29, 0.717) is 33.9 Å². The van der Waals surface area contributed by atoms with E-state index < -0.39 is 0 Å². The molecule has 2 aromatic rings. The highest BCUT2D eigenvalue weighted by molar-refractivity contribution is 6.35. The number of hydrogen-bond acceptors (Lipinski definition) is 3. The van der Waals surface area contributed by atoms with Crippen LogP contribution in [-0.2, 0) is 16.1 Å². The van der Waals surface area contributed by atoms with E-state index in [1.807, 2.05) is 24.3 Å². The van der Waals surface area contributed by atoms with E-state index >= 15 is 0 Å². The molecule has 27 heavy (non-hydrogen) atoms. The van der Waals surface area contributed by atoms with Crippen LogP contribution in [0.4, 0.5) is 0 Å². The monoisotopic (exact) mass is 427 g/mol. The minimum Gasteiger partial charge on any atom is -0.482 e. The summed E-state index contributed by atoms with van der Waals surface area (Å²) in [5.41, 5.74) is 0.996. The van der Waals surface area contributed by atoms with Gasteiger partial charge in [0.2, 0.25) is 0 Å². The topological polar surface area (TPSA) is 38.8 Å². The Labute approximate surface area is 173 Å². The van der Waals surface area contributed by atoms with Crippen molar-refractivity contribution in [3.63, 3.8) is 0 Å². The highest BCUT2D eigenvalue weighted by Gasteiger charge is 2.23. The van der Waals surface area contributed by atoms with Gasteiger partial charge in [0, 0.05) is 29.7 Å². The van der Waals surface area contributed by atoms with E-state index in [0.717, 1.165) is 25.0 Å².